The lowest BCUT2D eigenvalue weighted by atomic mass is 10.0. The fourth-order valence-corrected chi connectivity index (χ4v) is 3.26. The van der Waals surface area contributed by atoms with E-state index in [0.717, 1.165) is 17.3 Å². The number of carbonyl (C=O) groups is 2. The third-order valence-electron chi connectivity index (χ3n) is 5.06. The van der Waals surface area contributed by atoms with Crippen LogP contribution in [0.25, 0.3) is 11.1 Å². The molecular weight excluding hydrogens is 480 g/mol. The molecule has 3 aromatic rings. The van der Waals surface area contributed by atoms with Crippen LogP contribution < -0.4 is 5.32 Å². The van der Waals surface area contributed by atoms with E-state index >= 15 is 0 Å². The first kappa shape index (κ1) is 26.3. The number of rotatable bonds is 9. The first-order valence-corrected chi connectivity index (χ1v) is 10.7. The largest absolute Gasteiger partial charge is 0.506 e. The number of esters is 1. The molecule has 0 aromatic heterocycles. The minimum absolute atomic E-state index is 0.0589. The zero-order valence-corrected chi connectivity index (χ0v) is 19.3. The maximum absolute atomic E-state index is 14.2. The van der Waals surface area contributed by atoms with Gasteiger partial charge in [0.05, 0.1) is 24.5 Å². The second-order valence-corrected chi connectivity index (χ2v) is 7.63. The summed E-state index contributed by atoms with van der Waals surface area (Å²) in [6.07, 6.45) is 0.990. The number of ketones is 1. The summed E-state index contributed by atoms with van der Waals surface area (Å²) >= 11 is 0. The maximum atomic E-state index is 14.2. The lowest BCUT2D eigenvalue weighted by Crippen LogP contribution is -2.25. The second-order valence-electron chi connectivity index (χ2n) is 7.63. The Labute approximate surface area is 204 Å². The smallest absolute Gasteiger partial charge is 0.343 e. The Morgan fingerprint density at radius 2 is 1.67 bits per heavy atom. The average Bonchev–Trinajstić information content (AvgIpc) is 2.87. The lowest BCUT2D eigenvalue weighted by molar-refractivity contribution is -0.138. The predicted octanol–water partition coefficient (Wildman–Crippen LogP) is 5.25. The number of carbonyl (C=O) groups excluding carboxylic acids is 2. The Hall–Kier alpha value is -4.34. The topological polar surface area (TPSA) is 78.9 Å². The molecule has 0 aliphatic heterocycles. The number of nitrogens with one attached hydrogen (secondary N) is 1. The van der Waals surface area contributed by atoms with E-state index in [4.69, 9.17) is 4.74 Å². The van der Waals surface area contributed by atoms with E-state index in [1.54, 1.807) is 12.1 Å². The number of hydrogen-bond donors (Lipinski definition) is 2. The number of hydrogen-bond acceptors (Lipinski definition) is 6. The summed E-state index contributed by atoms with van der Waals surface area (Å²) in [5, 5.41) is 13.1. The van der Waals surface area contributed by atoms with Gasteiger partial charge in [-0.15, -0.1) is 0 Å². The van der Waals surface area contributed by atoms with Crippen molar-refractivity contribution >= 4 is 17.4 Å². The summed E-state index contributed by atoms with van der Waals surface area (Å²) in [5.74, 6) is -10.6. The van der Waals surface area contributed by atoms with E-state index in [0.29, 0.717) is 5.69 Å². The molecule has 0 bridgehead atoms. The van der Waals surface area contributed by atoms with Crippen LogP contribution in [0.1, 0.15) is 17.3 Å². The van der Waals surface area contributed by atoms with Gasteiger partial charge in [-0.05, 0) is 36.2 Å². The van der Waals surface area contributed by atoms with Crippen LogP contribution in [0.3, 0.4) is 0 Å². The molecule has 188 valence electrons. The number of ether oxygens (including phenoxy) is 1. The van der Waals surface area contributed by atoms with Crippen molar-refractivity contribution in [1.29, 1.82) is 0 Å². The van der Waals surface area contributed by atoms with Gasteiger partial charge in [-0.2, -0.15) is 0 Å². The molecule has 0 saturated heterocycles. The average molecular weight is 502 g/mol. The lowest BCUT2D eigenvalue weighted by Gasteiger charge is -2.19. The van der Waals surface area contributed by atoms with Crippen LogP contribution in [0, 0.1) is 23.3 Å². The van der Waals surface area contributed by atoms with Crippen LogP contribution in [-0.4, -0.2) is 42.1 Å². The molecule has 0 aliphatic rings. The van der Waals surface area contributed by atoms with E-state index in [-0.39, 0.29) is 25.1 Å². The van der Waals surface area contributed by atoms with Crippen LogP contribution in [-0.2, 0) is 9.53 Å². The summed E-state index contributed by atoms with van der Waals surface area (Å²) in [5.41, 5.74) is 0.152. The normalized spacial score (nSPS) is 11.2. The van der Waals surface area contributed by atoms with Gasteiger partial charge >= 0.3 is 5.97 Å². The fraction of sp³-hybridized carbons (Fsp3) is 0.154. The van der Waals surface area contributed by atoms with Crippen LogP contribution >= 0.6 is 0 Å². The number of halogens is 4. The fourth-order valence-electron chi connectivity index (χ4n) is 3.26. The van der Waals surface area contributed by atoms with Gasteiger partial charge in [0.1, 0.15) is 11.3 Å². The molecule has 6 nitrogen and oxygen atoms in total. The molecule has 2 N–H and O–H groups in total. The van der Waals surface area contributed by atoms with E-state index < -0.39 is 46.2 Å². The molecule has 0 atom stereocenters. The van der Waals surface area contributed by atoms with Gasteiger partial charge in [0.25, 0.3) is 0 Å². The minimum atomic E-state index is -2.18. The number of Topliss-reactive ketones (excluding diaryl/α,β-unsaturated/α-hetero) is 1. The first-order chi connectivity index (χ1) is 17.1. The molecule has 0 amide bonds. The second kappa shape index (κ2) is 11.4. The van der Waals surface area contributed by atoms with Crippen LogP contribution in [0.15, 0.2) is 66.4 Å². The first-order valence-electron chi connectivity index (χ1n) is 10.7. The Bertz CT molecular complexity index is 1310. The highest BCUT2D eigenvalue weighted by Gasteiger charge is 2.29. The van der Waals surface area contributed by atoms with Crippen LogP contribution in [0.5, 0.6) is 5.75 Å². The van der Waals surface area contributed by atoms with Crippen molar-refractivity contribution in [2.45, 2.75) is 6.92 Å². The van der Waals surface area contributed by atoms with Crippen molar-refractivity contribution in [2.75, 3.05) is 25.6 Å². The van der Waals surface area contributed by atoms with E-state index in [1.165, 1.54) is 24.9 Å². The van der Waals surface area contributed by atoms with Crippen molar-refractivity contribution in [1.82, 2.24) is 4.90 Å². The van der Waals surface area contributed by atoms with Crippen LogP contribution in [0.4, 0.5) is 23.2 Å². The van der Waals surface area contributed by atoms with Crippen LogP contribution in [0.2, 0.25) is 0 Å². The predicted molar refractivity (Wildman–Crippen MR) is 125 cm³/mol. The molecule has 3 rings (SSSR count). The zero-order valence-electron chi connectivity index (χ0n) is 19.3. The minimum Gasteiger partial charge on any atom is -0.506 e. The summed E-state index contributed by atoms with van der Waals surface area (Å²) in [7, 11) is 1.44. The number of nitrogens with zero attached hydrogens (tertiary/aromatic N) is 1. The van der Waals surface area contributed by atoms with Crippen molar-refractivity contribution < 1.29 is 37.0 Å². The number of anilines is 1. The molecule has 0 aliphatic carbocycles. The van der Waals surface area contributed by atoms with E-state index in [9.17, 15) is 32.3 Å². The highest BCUT2D eigenvalue weighted by molar-refractivity contribution is 6.24. The molecule has 3 aromatic carbocycles. The third kappa shape index (κ3) is 5.83. The standard InChI is InChI=1S/C26H22F4N2O4/c1-3-36-26(35)18(25(34)17-12-19(27)23(29)24(30)22(17)28)13-32(2)14-31-20-11-16(9-10-21(20)33)15-7-5-4-6-8-15/h4-13,31,33H,3,14H2,1-2H3/b18-13-. The van der Waals surface area contributed by atoms with Crippen molar-refractivity contribution in [3.8, 4) is 16.9 Å². The summed E-state index contributed by atoms with van der Waals surface area (Å²) < 4.78 is 59.6. The molecular formula is C26H22F4N2O4. The van der Waals surface area contributed by atoms with Gasteiger partial charge < -0.3 is 20.1 Å². The van der Waals surface area contributed by atoms with Crippen molar-refractivity contribution in [3.63, 3.8) is 0 Å². The van der Waals surface area contributed by atoms with Gasteiger partial charge in [-0.3, -0.25) is 4.79 Å². The Morgan fingerprint density at radius 1 is 0.972 bits per heavy atom. The molecule has 0 heterocycles. The third-order valence-corrected chi connectivity index (χ3v) is 5.06. The summed E-state index contributed by atoms with van der Waals surface area (Å²) in [6, 6.07) is 14.5. The molecule has 36 heavy (non-hydrogen) atoms. The summed E-state index contributed by atoms with van der Waals surface area (Å²) in [6.45, 7) is 1.27. The number of aromatic hydroxyl groups is 1. The van der Waals surface area contributed by atoms with E-state index in [1.807, 2.05) is 30.3 Å². The zero-order chi connectivity index (χ0) is 26.4. The molecule has 0 fully saturated rings. The molecule has 0 radical (unpaired) electrons. The molecule has 10 heteroatoms. The van der Waals surface area contributed by atoms with Crippen molar-refractivity contribution in [3.05, 3.63) is 95.2 Å². The highest BCUT2D eigenvalue weighted by atomic mass is 19.2. The molecule has 0 spiro atoms. The monoisotopic (exact) mass is 502 g/mol. The number of benzene rings is 3. The quantitative estimate of drug-likeness (QED) is 0.0398. The van der Waals surface area contributed by atoms with E-state index in [2.05, 4.69) is 5.32 Å². The van der Waals surface area contributed by atoms with Gasteiger partial charge in [0, 0.05) is 13.2 Å². The Kier molecular flexibility index (Phi) is 8.31. The Morgan fingerprint density at radius 3 is 2.33 bits per heavy atom. The molecule has 0 saturated carbocycles. The van der Waals surface area contributed by atoms with Crippen molar-refractivity contribution in [2.24, 2.45) is 0 Å². The van der Waals surface area contributed by atoms with Gasteiger partial charge in [0.2, 0.25) is 5.78 Å². The highest BCUT2D eigenvalue weighted by Crippen LogP contribution is 2.30. The Balaban J connectivity index is 1.87. The SMILES string of the molecule is CCOC(=O)/C(=C\N(C)CNc1cc(-c2ccccc2)ccc1O)C(=O)c1cc(F)c(F)c(F)c1F. The summed E-state index contributed by atoms with van der Waals surface area (Å²) in [4.78, 5) is 26.5. The van der Waals surface area contributed by atoms with Gasteiger partial charge in [0.15, 0.2) is 23.3 Å². The van der Waals surface area contributed by atoms with Gasteiger partial charge in [-0.1, -0.05) is 36.4 Å². The number of phenols is 1. The number of phenolic OH excluding ortho intramolecular Hbond substituents is 1. The molecule has 0 unspecified atom stereocenters. The maximum Gasteiger partial charge on any atom is 0.343 e. The van der Waals surface area contributed by atoms with Gasteiger partial charge in [-0.25, -0.2) is 22.4 Å².